The molecular weight excluding hydrogens is 267 g/mol. The quantitative estimate of drug-likeness (QED) is 0.760. The summed E-state index contributed by atoms with van der Waals surface area (Å²) < 4.78 is 4.56. The second-order valence-corrected chi connectivity index (χ2v) is 4.20. The molecule has 1 aromatic carbocycles. The molecule has 2 nitrogen and oxygen atoms in total. The number of ether oxygens (including phenoxy) is 1. The van der Waals surface area contributed by atoms with E-state index in [1.165, 1.54) is 19.2 Å². The molecule has 0 radical (unpaired) electrons. The number of carbonyl (C=O) groups is 1. The predicted octanol–water partition coefficient (Wildman–Crippen LogP) is 4.03. The Bertz CT molecular complexity index is 368. The first-order valence-corrected chi connectivity index (χ1v) is 5.86. The second kappa shape index (κ2) is 5.12. The lowest BCUT2D eigenvalue weighted by Crippen LogP contribution is -2.02. The van der Waals surface area contributed by atoms with E-state index in [4.69, 9.17) is 33.9 Å². The molecule has 0 N–H and O–H groups in total. The van der Waals surface area contributed by atoms with Crippen molar-refractivity contribution in [3.05, 3.63) is 27.7 Å². The molecule has 6 heteroatoms. The Morgan fingerprint density at radius 1 is 1.36 bits per heavy atom. The molecule has 0 aromatic heterocycles. The summed E-state index contributed by atoms with van der Waals surface area (Å²) >= 11 is 11.5. The molecule has 76 valence electrons. The monoisotopic (exact) mass is 270 g/mol. The van der Waals surface area contributed by atoms with Gasteiger partial charge in [-0.2, -0.15) is 0 Å². The maximum Gasteiger partial charge on any atom is 0.339 e. The van der Waals surface area contributed by atoms with Gasteiger partial charge in [0.25, 0.3) is 0 Å². The zero-order valence-electron chi connectivity index (χ0n) is 7.01. The summed E-state index contributed by atoms with van der Waals surface area (Å²) in [5.41, 5.74) is 0.307. The minimum Gasteiger partial charge on any atom is -0.465 e. The number of esters is 1. The highest BCUT2D eigenvalue weighted by molar-refractivity contribution is 8.21. The Kier molecular flexibility index (Phi) is 4.38. The number of halogens is 3. The summed E-state index contributed by atoms with van der Waals surface area (Å²) in [7, 11) is 7.74. The molecule has 0 aliphatic heterocycles. The van der Waals surface area contributed by atoms with Crippen LogP contribution in [-0.2, 0) is 4.74 Å². The summed E-state index contributed by atoms with van der Waals surface area (Å²) in [5.74, 6) is -0.494. The largest absolute Gasteiger partial charge is 0.465 e. The van der Waals surface area contributed by atoms with Gasteiger partial charge >= 0.3 is 5.97 Å². The Morgan fingerprint density at radius 2 is 1.93 bits per heavy atom. The third-order valence-corrected chi connectivity index (χ3v) is 3.24. The SMILES string of the molecule is COC(=O)c1cc(Cl)c(Cl)cc1SCl. The van der Waals surface area contributed by atoms with E-state index in [9.17, 15) is 4.79 Å². The maximum absolute atomic E-state index is 11.3. The molecule has 0 aliphatic carbocycles. The third kappa shape index (κ3) is 2.48. The van der Waals surface area contributed by atoms with Crippen LogP contribution in [0.3, 0.4) is 0 Å². The number of rotatable bonds is 2. The summed E-state index contributed by atoms with van der Waals surface area (Å²) in [6, 6.07) is 2.95. The van der Waals surface area contributed by atoms with E-state index in [-0.39, 0.29) is 0 Å². The summed E-state index contributed by atoms with van der Waals surface area (Å²) in [6.07, 6.45) is 0. The highest BCUT2D eigenvalue weighted by Crippen LogP contribution is 2.33. The van der Waals surface area contributed by atoms with Gasteiger partial charge < -0.3 is 4.74 Å². The van der Waals surface area contributed by atoms with Crippen molar-refractivity contribution in [3.8, 4) is 0 Å². The first kappa shape index (κ1) is 12.0. The van der Waals surface area contributed by atoms with E-state index in [2.05, 4.69) is 4.74 Å². The minimum atomic E-state index is -0.494. The van der Waals surface area contributed by atoms with E-state index in [1.807, 2.05) is 0 Å². The molecule has 0 amide bonds. The predicted molar refractivity (Wildman–Crippen MR) is 59.5 cm³/mol. The van der Waals surface area contributed by atoms with Crippen molar-refractivity contribution in [2.45, 2.75) is 4.90 Å². The zero-order valence-corrected chi connectivity index (χ0v) is 10.1. The lowest BCUT2D eigenvalue weighted by atomic mass is 10.2. The summed E-state index contributed by atoms with van der Waals surface area (Å²) in [5, 5.41) is 0.643. The lowest BCUT2D eigenvalue weighted by Gasteiger charge is -2.05. The fourth-order valence-electron chi connectivity index (χ4n) is 0.862. The molecule has 0 atom stereocenters. The van der Waals surface area contributed by atoms with Crippen molar-refractivity contribution < 1.29 is 9.53 Å². The highest BCUT2D eigenvalue weighted by atomic mass is 35.7. The van der Waals surface area contributed by atoms with Gasteiger partial charge in [-0.15, -0.1) is 0 Å². The molecule has 14 heavy (non-hydrogen) atoms. The molecular formula is C8H5Cl3O2S. The third-order valence-electron chi connectivity index (χ3n) is 1.51. The van der Waals surface area contributed by atoms with Crippen LogP contribution in [0.1, 0.15) is 10.4 Å². The van der Waals surface area contributed by atoms with Crippen LogP contribution in [-0.4, -0.2) is 13.1 Å². The molecule has 0 aliphatic rings. The van der Waals surface area contributed by atoms with Crippen molar-refractivity contribution >= 4 is 50.8 Å². The second-order valence-electron chi connectivity index (χ2n) is 2.33. The van der Waals surface area contributed by atoms with E-state index in [1.54, 1.807) is 0 Å². The standard InChI is InChI=1S/C8H5Cl3O2S/c1-13-8(12)4-2-5(9)6(10)3-7(4)14-11/h2-3H,1H3. The van der Waals surface area contributed by atoms with Gasteiger partial charge in [-0.05, 0) is 33.8 Å². The first-order valence-electron chi connectivity index (χ1n) is 3.46. The van der Waals surface area contributed by atoms with Gasteiger partial charge in [0.15, 0.2) is 0 Å². The Balaban J connectivity index is 3.27. The van der Waals surface area contributed by atoms with Gasteiger partial charge in [0, 0.05) is 4.90 Å². The van der Waals surface area contributed by atoms with Crippen molar-refractivity contribution in [1.29, 1.82) is 0 Å². The van der Waals surface area contributed by atoms with Gasteiger partial charge in [0.1, 0.15) is 0 Å². The molecule has 1 aromatic rings. The van der Waals surface area contributed by atoms with Crippen LogP contribution >= 0.6 is 44.9 Å². The zero-order chi connectivity index (χ0) is 10.7. The Labute approximate surface area is 100.0 Å². The number of benzene rings is 1. The van der Waals surface area contributed by atoms with Crippen molar-refractivity contribution in [2.24, 2.45) is 0 Å². The smallest absolute Gasteiger partial charge is 0.339 e. The van der Waals surface area contributed by atoms with Crippen LogP contribution in [0.2, 0.25) is 10.0 Å². The van der Waals surface area contributed by atoms with Crippen LogP contribution in [0, 0.1) is 0 Å². The average Bonchev–Trinajstić information content (AvgIpc) is 2.20. The van der Waals surface area contributed by atoms with Crippen molar-refractivity contribution in [2.75, 3.05) is 7.11 Å². The fraction of sp³-hybridized carbons (Fsp3) is 0.125. The van der Waals surface area contributed by atoms with Gasteiger partial charge in [-0.3, -0.25) is 0 Å². The van der Waals surface area contributed by atoms with E-state index in [0.29, 0.717) is 20.5 Å². The number of carbonyl (C=O) groups excluding carboxylic acids is 1. The van der Waals surface area contributed by atoms with Crippen LogP contribution in [0.4, 0.5) is 0 Å². The first-order chi connectivity index (χ1) is 6.60. The van der Waals surface area contributed by atoms with Crippen molar-refractivity contribution in [3.63, 3.8) is 0 Å². The van der Waals surface area contributed by atoms with Crippen LogP contribution < -0.4 is 0 Å². The molecule has 0 bridgehead atoms. The van der Waals surface area contributed by atoms with E-state index >= 15 is 0 Å². The molecule has 1 rings (SSSR count). The maximum atomic E-state index is 11.3. The van der Waals surface area contributed by atoms with E-state index in [0.717, 1.165) is 11.0 Å². The van der Waals surface area contributed by atoms with Crippen LogP contribution in [0.5, 0.6) is 0 Å². The molecule has 0 heterocycles. The number of methoxy groups -OCH3 is 1. The van der Waals surface area contributed by atoms with Crippen LogP contribution in [0.15, 0.2) is 17.0 Å². The lowest BCUT2D eigenvalue weighted by molar-refractivity contribution is 0.0597. The molecule has 0 saturated carbocycles. The number of hydrogen-bond acceptors (Lipinski definition) is 3. The number of hydrogen-bond donors (Lipinski definition) is 0. The normalized spacial score (nSPS) is 10.0. The Hall–Kier alpha value is -0.0900. The van der Waals surface area contributed by atoms with Gasteiger partial charge in [-0.25, -0.2) is 4.79 Å². The molecule has 0 unspecified atom stereocenters. The Morgan fingerprint density at radius 3 is 2.43 bits per heavy atom. The van der Waals surface area contributed by atoms with Gasteiger partial charge in [0.2, 0.25) is 0 Å². The van der Waals surface area contributed by atoms with Crippen molar-refractivity contribution in [1.82, 2.24) is 0 Å². The van der Waals surface area contributed by atoms with Gasteiger partial charge in [0.05, 0.1) is 22.7 Å². The fourth-order valence-corrected chi connectivity index (χ4v) is 2.02. The summed E-state index contributed by atoms with van der Waals surface area (Å²) in [6.45, 7) is 0. The van der Waals surface area contributed by atoms with Gasteiger partial charge in [-0.1, -0.05) is 23.2 Å². The highest BCUT2D eigenvalue weighted by Gasteiger charge is 2.14. The molecule has 0 spiro atoms. The molecule has 0 fully saturated rings. The summed E-state index contributed by atoms with van der Waals surface area (Å²) in [4.78, 5) is 11.8. The minimum absolute atomic E-state index is 0.293. The topological polar surface area (TPSA) is 26.3 Å². The van der Waals surface area contributed by atoms with E-state index < -0.39 is 5.97 Å². The molecule has 0 saturated heterocycles. The average molecular weight is 272 g/mol. The van der Waals surface area contributed by atoms with Crippen LogP contribution in [0.25, 0.3) is 0 Å².